The van der Waals surface area contributed by atoms with Gasteiger partial charge >= 0.3 is 0 Å². The van der Waals surface area contributed by atoms with Gasteiger partial charge in [0, 0.05) is 18.0 Å². The SMILES string of the molecule is CCCN(CCC)c1cc(S(=O)(=O)O)c(N=Nc2nc3cc(C#N)c(C#N)cc3[nH]2)cc1SC. The van der Waals surface area contributed by atoms with E-state index in [1.165, 1.54) is 30.0 Å². The third-order valence-corrected chi connectivity index (χ3v) is 6.62. The monoisotopic (exact) mass is 497 g/mol. The van der Waals surface area contributed by atoms with Crippen molar-refractivity contribution in [2.75, 3.05) is 24.2 Å². The van der Waals surface area contributed by atoms with E-state index in [0.29, 0.717) is 16.7 Å². The van der Waals surface area contributed by atoms with Gasteiger partial charge in [-0.2, -0.15) is 18.9 Å². The molecular formula is C22H23N7O3S2. The van der Waals surface area contributed by atoms with E-state index in [1.54, 1.807) is 6.07 Å². The van der Waals surface area contributed by atoms with Crippen LogP contribution >= 0.6 is 11.8 Å². The van der Waals surface area contributed by atoms with Crippen molar-refractivity contribution >= 4 is 50.2 Å². The maximum atomic E-state index is 12.2. The van der Waals surface area contributed by atoms with Gasteiger partial charge in [-0.15, -0.1) is 22.0 Å². The van der Waals surface area contributed by atoms with Crippen LogP contribution in [0.2, 0.25) is 0 Å². The van der Waals surface area contributed by atoms with E-state index in [1.807, 2.05) is 32.2 Å². The van der Waals surface area contributed by atoms with Crippen molar-refractivity contribution in [2.24, 2.45) is 10.2 Å². The molecule has 0 aliphatic rings. The number of H-pyrrole nitrogens is 1. The number of nitrogens with one attached hydrogen (secondary N) is 1. The molecular weight excluding hydrogens is 474 g/mol. The zero-order valence-corrected chi connectivity index (χ0v) is 20.5. The van der Waals surface area contributed by atoms with Crippen molar-refractivity contribution in [3.8, 4) is 12.1 Å². The molecule has 2 N–H and O–H groups in total. The number of imidazole rings is 1. The number of nitriles is 2. The van der Waals surface area contributed by atoms with E-state index in [4.69, 9.17) is 0 Å². The molecule has 0 bridgehead atoms. The summed E-state index contributed by atoms with van der Waals surface area (Å²) in [6.45, 7) is 5.56. The lowest BCUT2D eigenvalue weighted by molar-refractivity contribution is 0.483. The van der Waals surface area contributed by atoms with Crippen molar-refractivity contribution in [3.63, 3.8) is 0 Å². The normalized spacial score (nSPS) is 11.6. The van der Waals surface area contributed by atoms with Gasteiger partial charge in [-0.05, 0) is 43.4 Å². The first-order valence-corrected chi connectivity index (χ1v) is 13.1. The highest BCUT2D eigenvalue weighted by molar-refractivity contribution is 7.98. The molecule has 1 aromatic heterocycles. The molecule has 176 valence electrons. The Bertz CT molecular complexity index is 1380. The first kappa shape index (κ1) is 25.2. The standard InChI is InChI=1S/C22H23N7O3S2/c1-4-6-29(7-5-2)19-11-21(34(30,31)32)18(10-20(19)33-3)27-28-22-25-16-8-14(12-23)15(13-24)9-17(16)26-22/h8-11H,4-7H2,1-3H3,(H,25,26)(H,30,31,32). The van der Waals surface area contributed by atoms with Crippen LogP contribution in [0.5, 0.6) is 0 Å². The van der Waals surface area contributed by atoms with Crippen LogP contribution in [0.1, 0.15) is 37.8 Å². The van der Waals surface area contributed by atoms with Gasteiger partial charge < -0.3 is 9.88 Å². The number of anilines is 1. The summed E-state index contributed by atoms with van der Waals surface area (Å²) >= 11 is 1.44. The first-order valence-electron chi connectivity index (χ1n) is 10.5. The number of aromatic nitrogens is 2. The number of nitrogens with zero attached hydrogens (tertiary/aromatic N) is 6. The number of rotatable bonds is 9. The van der Waals surface area contributed by atoms with Crippen molar-refractivity contribution < 1.29 is 13.0 Å². The second-order valence-electron chi connectivity index (χ2n) is 7.35. The van der Waals surface area contributed by atoms with Crippen LogP contribution < -0.4 is 4.90 Å². The lowest BCUT2D eigenvalue weighted by atomic mass is 10.1. The van der Waals surface area contributed by atoms with E-state index in [-0.39, 0.29) is 27.7 Å². The van der Waals surface area contributed by atoms with Crippen molar-refractivity contribution in [2.45, 2.75) is 36.5 Å². The fourth-order valence-electron chi connectivity index (χ4n) is 3.50. The Morgan fingerprint density at radius 1 is 1.09 bits per heavy atom. The Balaban J connectivity index is 2.10. The van der Waals surface area contributed by atoms with Gasteiger partial charge in [0.15, 0.2) is 0 Å². The highest BCUT2D eigenvalue weighted by Crippen LogP contribution is 2.38. The van der Waals surface area contributed by atoms with Gasteiger partial charge in [-0.1, -0.05) is 13.8 Å². The molecule has 0 spiro atoms. The van der Waals surface area contributed by atoms with Gasteiger partial charge in [0.2, 0.25) is 5.95 Å². The summed E-state index contributed by atoms with van der Waals surface area (Å²) in [6.07, 6.45) is 3.63. The summed E-state index contributed by atoms with van der Waals surface area (Å²) in [5.74, 6) is 0.0589. The highest BCUT2D eigenvalue weighted by Gasteiger charge is 2.22. The van der Waals surface area contributed by atoms with Crippen LogP contribution in [0.15, 0.2) is 44.3 Å². The zero-order valence-electron chi connectivity index (χ0n) is 18.9. The minimum absolute atomic E-state index is 0.0283. The highest BCUT2D eigenvalue weighted by atomic mass is 32.2. The van der Waals surface area contributed by atoms with Crippen LogP contribution in [0.25, 0.3) is 11.0 Å². The fourth-order valence-corrected chi connectivity index (χ4v) is 4.75. The van der Waals surface area contributed by atoms with Gasteiger partial charge in [0.25, 0.3) is 10.1 Å². The number of fused-ring (bicyclic) bond motifs is 1. The van der Waals surface area contributed by atoms with E-state index in [2.05, 4.69) is 25.1 Å². The number of aromatic amines is 1. The lowest BCUT2D eigenvalue weighted by Gasteiger charge is -2.26. The molecule has 3 aromatic rings. The Morgan fingerprint density at radius 3 is 2.29 bits per heavy atom. The molecule has 3 rings (SSSR count). The van der Waals surface area contributed by atoms with Crippen molar-refractivity contribution in [1.82, 2.24) is 9.97 Å². The molecule has 0 fully saturated rings. The molecule has 12 heteroatoms. The number of azo groups is 1. The first-order chi connectivity index (χ1) is 16.2. The molecule has 0 saturated heterocycles. The van der Waals surface area contributed by atoms with Crippen molar-refractivity contribution in [1.29, 1.82) is 10.5 Å². The maximum Gasteiger partial charge on any atom is 0.296 e. The Labute approximate surface area is 202 Å². The third kappa shape index (κ3) is 5.37. The summed E-state index contributed by atoms with van der Waals surface area (Å²) in [7, 11) is -4.58. The summed E-state index contributed by atoms with van der Waals surface area (Å²) in [5, 5.41) is 26.4. The third-order valence-electron chi connectivity index (χ3n) is 4.97. The molecule has 0 aliphatic carbocycles. The fraction of sp³-hybridized carbons (Fsp3) is 0.318. The van der Waals surface area contributed by atoms with Gasteiger partial charge in [-0.3, -0.25) is 4.55 Å². The Kier molecular flexibility index (Phi) is 7.89. The van der Waals surface area contributed by atoms with E-state index in [9.17, 15) is 23.5 Å². The summed E-state index contributed by atoms with van der Waals surface area (Å²) in [6, 6.07) is 9.85. The number of hydrogen-bond acceptors (Lipinski definition) is 9. The predicted octanol–water partition coefficient (Wildman–Crippen LogP) is 5.32. The van der Waals surface area contributed by atoms with E-state index < -0.39 is 10.1 Å². The molecule has 0 atom stereocenters. The van der Waals surface area contributed by atoms with Crippen molar-refractivity contribution in [3.05, 3.63) is 35.4 Å². The molecule has 0 aliphatic heterocycles. The van der Waals surface area contributed by atoms with Crippen LogP contribution in [0.4, 0.5) is 17.3 Å². The molecule has 0 radical (unpaired) electrons. The van der Waals surface area contributed by atoms with Crippen LogP contribution in [-0.4, -0.2) is 42.3 Å². The van der Waals surface area contributed by atoms with Gasteiger partial charge in [0.05, 0.1) is 27.8 Å². The van der Waals surface area contributed by atoms with Crippen LogP contribution in [-0.2, 0) is 10.1 Å². The predicted molar refractivity (Wildman–Crippen MR) is 131 cm³/mol. The Morgan fingerprint density at radius 2 is 1.74 bits per heavy atom. The smallest absolute Gasteiger partial charge is 0.296 e. The lowest BCUT2D eigenvalue weighted by Crippen LogP contribution is -2.25. The topological polar surface area (TPSA) is 159 Å². The maximum absolute atomic E-state index is 12.2. The summed E-state index contributed by atoms with van der Waals surface area (Å²) in [5.41, 5.74) is 1.95. The largest absolute Gasteiger partial charge is 0.371 e. The second-order valence-corrected chi connectivity index (χ2v) is 9.59. The van der Waals surface area contributed by atoms with Crippen LogP contribution in [0.3, 0.4) is 0 Å². The molecule has 10 nitrogen and oxygen atoms in total. The van der Waals surface area contributed by atoms with Gasteiger partial charge in [0.1, 0.15) is 22.7 Å². The van der Waals surface area contributed by atoms with E-state index >= 15 is 0 Å². The zero-order chi connectivity index (χ0) is 24.9. The average molecular weight is 498 g/mol. The molecule has 0 unspecified atom stereocenters. The molecule has 0 saturated carbocycles. The Hall–Kier alpha value is -3.45. The second kappa shape index (κ2) is 10.7. The summed E-state index contributed by atoms with van der Waals surface area (Å²) in [4.78, 5) is 9.65. The quantitative estimate of drug-likeness (QED) is 0.228. The molecule has 0 amide bonds. The van der Waals surface area contributed by atoms with E-state index in [0.717, 1.165) is 30.8 Å². The minimum Gasteiger partial charge on any atom is -0.371 e. The van der Waals surface area contributed by atoms with Crippen LogP contribution in [0, 0.1) is 22.7 Å². The number of hydrogen-bond donors (Lipinski definition) is 2. The molecule has 34 heavy (non-hydrogen) atoms. The molecule has 1 heterocycles. The number of benzene rings is 2. The van der Waals surface area contributed by atoms with Gasteiger partial charge in [-0.25, -0.2) is 4.98 Å². The molecule has 2 aromatic carbocycles. The number of thioether (sulfide) groups is 1. The average Bonchev–Trinajstić information content (AvgIpc) is 3.22. The minimum atomic E-state index is -4.58. The summed E-state index contributed by atoms with van der Waals surface area (Å²) < 4.78 is 34.2.